The molecule has 1 aliphatic heterocycles. The number of pyridine rings is 1. The second-order valence-corrected chi connectivity index (χ2v) is 9.04. The predicted octanol–water partition coefficient (Wildman–Crippen LogP) is 5.83. The molecule has 1 aliphatic rings. The standard InChI is InChI=1S/C24H27ClN4S/c1-14(2)28-23(22(27-24(28)30)20-8-6-7-11-26-20)19-12-16(4)29(17(19)5)21-13-18(25)10-9-15(21)3/h6-14,22-23H,1-5H3,(H,27,30)/t22-,23+/m0/s1. The topological polar surface area (TPSA) is 33.1 Å². The fourth-order valence-electron chi connectivity index (χ4n) is 4.54. The molecule has 0 aliphatic carbocycles. The maximum absolute atomic E-state index is 6.34. The van der Waals surface area contributed by atoms with Crippen LogP contribution in [-0.2, 0) is 0 Å². The van der Waals surface area contributed by atoms with Crippen LogP contribution in [-0.4, -0.2) is 25.6 Å². The number of rotatable bonds is 4. The SMILES string of the molecule is Cc1ccc(Cl)cc1-n1c(C)cc([C@@H]2[C@H](c3ccccn3)NC(=S)N2C(C)C)c1C. The summed E-state index contributed by atoms with van der Waals surface area (Å²) in [7, 11) is 0. The van der Waals surface area contributed by atoms with Crippen LogP contribution < -0.4 is 5.32 Å². The van der Waals surface area contributed by atoms with E-state index >= 15 is 0 Å². The molecule has 3 aromatic rings. The van der Waals surface area contributed by atoms with Gasteiger partial charge in [0, 0.05) is 34.3 Å². The van der Waals surface area contributed by atoms with Crippen molar-refractivity contribution < 1.29 is 0 Å². The molecule has 2 atom stereocenters. The predicted molar refractivity (Wildman–Crippen MR) is 127 cm³/mol. The van der Waals surface area contributed by atoms with Crippen LogP contribution in [0.2, 0.25) is 5.02 Å². The van der Waals surface area contributed by atoms with Crippen molar-refractivity contribution in [3.05, 3.63) is 81.9 Å². The van der Waals surface area contributed by atoms with E-state index in [1.807, 2.05) is 30.5 Å². The number of hydrogen-bond acceptors (Lipinski definition) is 2. The van der Waals surface area contributed by atoms with E-state index in [9.17, 15) is 0 Å². The minimum absolute atomic E-state index is 0.00416. The number of benzene rings is 1. The minimum Gasteiger partial charge on any atom is -0.352 e. The van der Waals surface area contributed by atoms with Gasteiger partial charge in [-0.15, -0.1) is 0 Å². The van der Waals surface area contributed by atoms with E-state index in [1.54, 1.807) is 0 Å². The first-order valence-electron chi connectivity index (χ1n) is 10.2. The zero-order valence-corrected chi connectivity index (χ0v) is 19.6. The van der Waals surface area contributed by atoms with Gasteiger partial charge in [-0.25, -0.2) is 0 Å². The molecule has 4 rings (SSSR count). The van der Waals surface area contributed by atoms with Crippen LogP contribution in [0.5, 0.6) is 0 Å². The fraction of sp³-hybridized carbons (Fsp3) is 0.333. The molecule has 0 saturated carbocycles. The van der Waals surface area contributed by atoms with Crippen LogP contribution in [0.25, 0.3) is 5.69 Å². The first kappa shape index (κ1) is 20.9. The summed E-state index contributed by atoms with van der Waals surface area (Å²) in [6, 6.07) is 14.7. The van der Waals surface area contributed by atoms with Crippen LogP contribution >= 0.6 is 23.8 Å². The van der Waals surface area contributed by atoms with Gasteiger partial charge in [-0.1, -0.05) is 23.7 Å². The molecular formula is C24H27ClN4S. The maximum Gasteiger partial charge on any atom is 0.170 e. The molecule has 1 saturated heterocycles. The van der Waals surface area contributed by atoms with Gasteiger partial charge < -0.3 is 14.8 Å². The van der Waals surface area contributed by atoms with Gasteiger partial charge >= 0.3 is 0 Å². The van der Waals surface area contributed by atoms with Gasteiger partial charge in [-0.2, -0.15) is 0 Å². The molecule has 6 heteroatoms. The summed E-state index contributed by atoms with van der Waals surface area (Å²) >= 11 is 12.1. The highest BCUT2D eigenvalue weighted by Crippen LogP contribution is 2.42. The van der Waals surface area contributed by atoms with E-state index in [4.69, 9.17) is 23.8 Å². The molecule has 1 N–H and O–H groups in total. The third kappa shape index (κ3) is 3.50. The average Bonchev–Trinajstić information content (AvgIpc) is 3.20. The molecule has 0 spiro atoms. The summed E-state index contributed by atoms with van der Waals surface area (Å²) < 4.78 is 2.30. The Morgan fingerprint density at radius 1 is 1.10 bits per heavy atom. The molecule has 0 amide bonds. The Balaban J connectivity index is 1.88. The molecule has 4 nitrogen and oxygen atoms in total. The molecule has 0 unspecified atom stereocenters. The number of aryl methyl sites for hydroxylation is 2. The lowest BCUT2D eigenvalue weighted by Crippen LogP contribution is -2.35. The summed E-state index contributed by atoms with van der Waals surface area (Å²) in [4.78, 5) is 6.93. The summed E-state index contributed by atoms with van der Waals surface area (Å²) in [6.07, 6.45) is 1.84. The number of aromatic nitrogens is 2. The van der Waals surface area contributed by atoms with Crippen molar-refractivity contribution in [3.63, 3.8) is 0 Å². The van der Waals surface area contributed by atoms with Gasteiger partial charge in [0.15, 0.2) is 5.11 Å². The molecular weight excluding hydrogens is 412 g/mol. The van der Waals surface area contributed by atoms with E-state index in [2.05, 4.69) is 72.6 Å². The molecule has 0 radical (unpaired) electrons. The lowest BCUT2D eigenvalue weighted by atomic mass is 9.96. The van der Waals surface area contributed by atoms with E-state index in [-0.39, 0.29) is 18.1 Å². The first-order valence-corrected chi connectivity index (χ1v) is 11.0. The molecule has 156 valence electrons. The Hall–Kier alpha value is -2.37. The smallest absolute Gasteiger partial charge is 0.170 e. The van der Waals surface area contributed by atoms with Gasteiger partial charge in [0.2, 0.25) is 0 Å². The second kappa shape index (κ2) is 8.05. The summed E-state index contributed by atoms with van der Waals surface area (Å²) in [5, 5.41) is 5.04. The number of halogens is 1. The second-order valence-electron chi connectivity index (χ2n) is 8.22. The Bertz CT molecular complexity index is 1090. The fourth-order valence-corrected chi connectivity index (χ4v) is 5.15. The molecule has 2 aromatic heterocycles. The average molecular weight is 439 g/mol. The van der Waals surface area contributed by atoms with E-state index < -0.39 is 0 Å². The Morgan fingerprint density at radius 3 is 2.53 bits per heavy atom. The summed E-state index contributed by atoms with van der Waals surface area (Å²) in [5.41, 5.74) is 6.92. The molecule has 0 bridgehead atoms. The minimum atomic E-state index is -0.00416. The normalized spacial score (nSPS) is 18.9. The van der Waals surface area contributed by atoms with Crippen molar-refractivity contribution in [2.45, 2.75) is 52.7 Å². The first-order chi connectivity index (χ1) is 14.3. The van der Waals surface area contributed by atoms with Crippen LogP contribution in [0.15, 0.2) is 48.7 Å². The van der Waals surface area contributed by atoms with Crippen LogP contribution in [0.4, 0.5) is 0 Å². The van der Waals surface area contributed by atoms with E-state index in [1.165, 1.54) is 22.5 Å². The van der Waals surface area contributed by atoms with E-state index in [0.29, 0.717) is 0 Å². The maximum atomic E-state index is 6.34. The number of nitrogens with one attached hydrogen (secondary N) is 1. The largest absolute Gasteiger partial charge is 0.352 e. The highest BCUT2D eigenvalue weighted by Gasteiger charge is 2.42. The van der Waals surface area contributed by atoms with Crippen molar-refractivity contribution in [3.8, 4) is 5.69 Å². The zero-order valence-electron chi connectivity index (χ0n) is 18.0. The van der Waals surface area contributed by atoms with Crippen LogP contribution in [0.3, 0.4) is 0 Å². The highest BCUT2D eigenvalue weighted by atomic mass is 35.5. The molecule has 1 fully saturated rings. The molecule has 1 aromatic carbocycles. The van der Waals surface area contributed by atoms with Gasteiger partial charge in [0.1, 0.15) is 0 Å². The Labute approximate surface area is 188 Å². The number of nitrogens with zero attached hydrogens (tertiary/aromatic N) is 3. The van der Waals surface area contributed by atoms with Crippen LogP contribution in [0, 0.1) is 20.8 Å². The lowest BCUT2D eigenvalue weighted by Gasteiger charge is -2.31. The van der Waals surface area contributed by atoms with Gasteiger partial charge in [0.05, 0.1) is 17.8 Å². The Morgan fingerprint density at radius 2 is 1.87 bits per heavy atom. The number of hydrogen-bond donors (Lipinski definition) is 1. The van der Waals surface area contributed by atoms with Crippen LogP contribution in [0.1, 0.15) is 54.1 Å². The summed E-state index contributed by atoms with van der Waals surface area (Å²) in [6.45, 7) is 10.8. The third-order valence-corrected chi connectivity index (χ3v) is 6.46. The van der Waals surface area contributed by atoms with Gasteiger partial charge in [0.25, 0.3) is 0 Å². The quantitative estimate of drug-likeness (QED) is 0.519. The van der Waals surface area contributed by atoms with Crippen molar-refractivity contribution in [2.24, 2.45) is 0 Å². The molecule has 30 heavy (non-hydrogen) atoms. The monoisotopic (exact) mass is 438 g/mol. The van der Waals surface area contributed by atoms with Crippen molar-refractivity contribution >= 4 is 28.9 Å². The zero-order chi connectivity index (χ0) is 21.6. The lowest BCUT2D eigenvalue weighted by molar-refractivity contribution is 0.269. The van der Waals surface area contributed by atoms with Gasteiger partial charge in [-0.05, 0) is 88.3 Å². The Kier molecular flexibility index (Phi) is 5.60. The van der Waals surface area contributed by atoms with Crippen molar-refractivity contribution in [1.29, 1.82) is 0 Å². The summed E-state index contributed by atoms with van der Waals surface area (Å²) in [5.74, 6) is 0. The van der Waals surface area contributed by atoms with E-state index in [0.717, 1.165) is 21.5 Å². The highest BCUT2D eigenvalue weighted by molar-refractivity contribution is 7.80. The third-order valence-electron chi connectivity index (χ3n) is 5.89. The van der Waals surface area contributed by atoms with Crippen molar-refractivity contribution in [1.82, 2.24) is 19.8 Å². The van der Waals surface area contributed by atoms with Gasteiger partial charge in [-0.3, -0.25) is 4.98 Å². The van der Waals surface area contributed by atoms with Crippen molar-refractivity contribution in [2.75, 3.05) is 0 Å². The molecule has 3 heterocycles. The number of thiocarbonyl (C=S) groups is 1.